The van der Waals surface area contributed by atoms with Crippen LogP contribution in [0.1, 0.15) is 31.2 Å². The van der Waals surface area contributed by atoms with E-state index in [2.05, 4.69) is 15.5 Å². The van der Waals surface area contributed by atoms with Gasteiger partial charge in [-0.2, -0.15) is 4.31 Å². The zero-order chi connectivity index (χ0) is 25.8. The van der Waals surface area contributed by atoms with E-state index in [0.717, 1.165) is 27.2 Å². The van der Waals surface area contributed by atoms with Gasteiger partial charge in [0, 0.05) is 49.0 Å². The molecule has 186 valence electrons. The maximum Gasteiger partial charge on any atom is 0.319 e. The number of imide groups is 1. The molecule has 0 fully saturated rings. The Morgan fingerprint density at radius 1 is 1.14 bits per heavy atom. The Balaban J connectivity index is 1.87. The van der Waals surface area contributed by atoms with Crippen LogP contribution in [0.3, 0.4) is 0 Å². The van der Waals surface area contributed by atoms with E-state index in [4.69, 9.17) is 16.6 Å². The summed E-state index contributed by atoms with van der Waals surface area (Å²) in [6, 6.07) is 4.19. The second-order valence-corrected chi connectivity index (χ2v) is 10.8. The molecule has 0 saturated heterocycles. The third kappa shape index (κ3) is 5.79. The summed E-state index contributed by atoms with van der Waals surface area (Å²) in [5, 5.41) is 19.4. The number of hydrogen-bond acceptors (Lipinski definition) is 9. The number of fused-ring (bicyclic) bond motifs is 1. The first kappa shape index (κ1) is 26.2. The average Bonchev–Trinajstić information content (AvgIpc) is 3.15. The Morgan fingerprint density at radius 2 is 1.77 bits per heavy atom. The van der Waals surface area contributed by atoms with E-state index in [1.807, 2.05) is 7.05 Å². The van der Waals surface area contributed by atoms with Gasteiger partial charge in [-0.25, -0.2) is 13.2 Å². The summed E-state index contributed by atoms with van der Waals surface area (Å²) in [6.07, 6.45) is 2.41. The van der Waals surface area contributed by atoms with Gasteiger partial charge in [-0.1, -0.05) is 0 Å². The van der Waals surface area contributed by atoms with Gasteiger partial charge < -0.3 is 26.8 Å². The summed E-state index contributed by atoms with van der Waals surface area (Å²) < 4.78 is 26.5. The number of sulfonamides is 1. The molecule has 0 bridgehead atoms. The number of hydrogen-bond donors (Lipinski definition) is 5. The van der Waals surface area contributed by atoms with E-state index in [1.54, 1.807) is 0 Å². The highest BCUT2D eigenvalue weighted by molar-refractivity contribution is 7.89. The van der Waals surface area contributed by atoms with E-state index in [9.17, 15) is 22.8 Å². The molecule has 0 radical (unpaired) electrons. The predicted octanol–water partition coefficient (Wildman–Crippen LogP) is 1.09. The Bertz CT molecular complexity index is 1260. The van der Waals surface area contributed by atoms with Crippen molar-refractivity contribution in [3.8, 4) is 0 Å². The van der Waals surface area contributed by atoms with Gasteiger partial charge in [0.25, 0.3) is 11.8 Å². The first-order chi connectivity index (χ1) is 16.6. The Labute approximate surface area is 206 Å². The Kier molecular flexibility index (Phi) is 8.11. The van der Waals surface area contributed by atoms with Crippen molar-refractivity contribution in [1.82, 2.24) is 14.5 Å². The standard InChI is InChI=1S/C21H25N7O5S2/c1-27-9-6-15-16(12-27)34-20(17(15)19(30)26-21(24)31)25-18(29)13-2-4-14(5-3-13)35(32,33)28(10-7-22)11-8-23/h2-5,7-8,22-23H,6,9-12H2,1H3,(H,25,29)(H3,24,26,30,31). The van der Waals surface area contributed by atoms with Crippen molar-refractivity contribution >= 4 is 56.6 Å². The number of nitrogens with two attached hydrogens (primary N) is 1. The number of thiophene rings is 1. The monoisotopic (exact) mass is 519 g/mol. The second-order valence-electron chi connectivity index (χ2n) is 7.72. The third-order valence-electron chi connectivity index (χ3n) is 5.28. The minimum atomic E-state index is -3.96. The van der Waals surface area contributed by atoms with E-state index in [1.165, 1.54) is 35.6 Å². The first-order valence-electron chi connectivity index (χ1n) is 10.4. The van der Waals surface area contributed by atoms with Crippen molar-refractivity contribution < 1.29 is 22.8 Å². The molecule has 1 aliphatic heterocycles. The summed E-state index contributed by atoms with van der Waals surface area (Å²) in [7, 11) is -2.03. The second kappa shape index (κ2) is 10.9. The maximum absolute atomic E-state index is 12.9. The molecule has 35 heavy (non-hydrogen) atoms. The number of urea groups is 1. The van der Waals surface area contributed by atoms with Crippen molar-refractivity contribution in [3.05, 3.63) is 45.8 Å². The minimum Gasteiger partial charge on any atom is -0.351 e. The number of anilines is 1. The average molecular weight is 520 g/mol. The number of benzene rings is 1. The number of amides is 4. The normalized spacial score (nSPS) is 13.7. The fourth-order valence-electron chi connectivity index (χ4n) is 3.61. The summed E-state index contributed by atoms with van der Waals surface area (Å²) >= 11 is 1.23. The topological polar surface area (TPSA) is 190 Å². The fourth-order valence-corrected chi connectivity index (χ4v) is 6.25. The molecule has 1 aromatic heterocycles. The van der Waals surface area contributed by atoms with Gasteiger partial charge in [-0.3, -0.25) is 14.9 Å². The lowest BCUT2D eigenvalue weighted by Crippen LogP contribution is -2.36. The molecule has 2 heterocycles. The van der Waals surface area contributed by atoms with Crippen LogP contribution in [0.2, 0.25) is 0 Å². The molecule has 0 spiro atoms. The first-order valence-corrected chi connectivity index (χ1v) is 12.7. The van der Waals surface area contributed by atoms with Crippen molar-refractivity contribution in [3.63, 3.8) is 0 Å². The summed E-state index contributed by atoms with van der Waals surface area (Å²) in [6.45, 7) is 0.917. The van der Waals surface area contributed by atoms with Crippen LogP contribution in [-0.2, 0) is 23.0 Å². The molecule has 6 N–H and O–H groups in total. The highest BCUT2D eigenvalue weighted by Crippen LogP contribution is 2.37. The molecule has 4 amide bonds. The predicted molar refractivity (Wildman–Crippen MR) is 132 cm³/mol. The number of rotatable bonds is 9. The van der Waals surface area contributed by atoms with Crippen LogP contribution in [0.25, 0.3) is 0 Å². The summed E-state index contributed by atoms with van der Waals surface area (Å²) in [5.74, 6) is -1.27. The third-order valence-corrected chi connectivity index (χ3v) is 8.26. The molecule has 2 aromatic rings. The highest BCUT2D eigenvalue weighted by Gasteiger charge is 2.29. The van der Waals surface area contributed by atoms with Crippen LogP contribution in [0, 0.1) is 10.8 Å². The van der Waals surface area contributed by atoms with Crippen LogP contribution in [0.15, 0.2) is 29.2 Å². The van der Waals surface area contributed by atoms with E-state index < -0.39 is 27.9 Å². The zero-order valence-corrected chi connectivity index (χ0v) is 20.5. The van der Waals surface area contributed by atoms with Crippen LogP contribution >= 0.6 is 11.3 Å². The lowest BCUT2D eigenvalue weighted by atomic mass is 10.0. The highest BCUT2D eigenvalue weighted by atomic mass is 32.2. The number of nitrogens with one attached hydrogen (secondary N) is 4. The molecule has 3 rings (SSSR count). The fraction of sp³-hybridized carbons (Fsp3) is 0.286. The largest absolute Gasteiger partial charge is 0.351 e. The van der Waals surface area contributed by atoms with Crippen molar-refractivity contribution in [1.29, 1.82) is 10.8 Å². The smallest absolute Gasteiger partial charge is 0.319 e. The molecule has 0 unspecified atom stereocenters. The lowest BCUT2D eigenvalue weighted by Gasteiger charge is -2.22. The number of likely N-dealkylation sites (N-methyl/N-ethyl adjacent to an activating group) is 1. The van der Waals surface area contributed by atoms with Gasteiger partial charge in [0.2, 0.25) is 10.0 Å². The Hall–Kier alpha value is -3.46. The Morgan fingerprint density at radius 3 is 2.34 bits per heavy atom. The van der Waals surface area contributed by atoms with E-state index in [-0.39, 0.29) is 34.1 Å². The van der Waals surface area contributed by atoms with Gasteiger partial charge in [0.1, 0.15) is 5.00 Å². The molecule has 0 aliphatic carbocycles. The van der Waals surface area contributed by atoms with Crippen molar-refractivity contribution in [2.75, 3.05) is 32.0 Å². The minimum absolute atomic E-state index is 0.0890. The van der Waals surface area contributed by atoms with Gasteiger partial charge >= 0.3 is 6.03 Å². The van der Waals surface area contributed by atoms with Crippen molar-refractivity contribution in [2.24, 2.45) is 5.73 Å². The van der Waals surface area contributed by atoms with Crippen LogP contribution in [0.5, 0.6) is 0 Å². The zero-order valence-electron chi connectivity index (χ0n) is 18.8. The number of carbonyl (C=O) groups excluding carboxylic acids is 3. The van der Waals surface area contributed by atoms with Crippen LogP contribution in [-0.4, -0.2) is 74.6 Å². The lowest BCUT2D eigenvalue weighted by molar-refractivity contribution is 0.0966. The number of nitrogens with zero attached hydrogens (tertiary/aromatic N) is 2. The van der Waals surface area contributed by atoms with Gasteiger partial charge in [-0.05, 0) is 43.3 Å². The molecule has 0 atom stereocenters. The van der Waals surface area contributed by atoms with E-state index >= 15 is 0 Å². The number of primary amides is 1. The molecule has 0 saturated carbocycles. The molecule has 1 aliphatic rings. The molecule has 14 heteroatoms. The molecule has 1 aromatic carbocycles. The van der Waals surface area contributed by atoms with Gasteiger partial charge in [-0.15, -0.1) is 11.3 Å². The van der Waals surface area contributed by atoms with Crippen molar-refractivity contribution in [2.45, 2.75) is 17.9 Å². The molecular formula is C21H25N7O5S2. The SMILES string of the molecule is CN1CCc2c(sc(NC(=O)c3ccc(S(=O)(=O)N(CC=N)CC=N)cc3)c2C(=O)NC(N)=O)C1. The molecule has 12 nitrogen and oxygen atoms in total. The van der Waals surface area contributed by atoms with Crippen LogP contribution < -0.4 is 16.4 Å². The van der Waals surface area contributed by atoms with Gasteiger partial charge in [0.05, 0.1) is 10.5 Å². The number of carbonyl (C=O) groups is 3. The maximum atomic E-state index is 12.9. The summed E-state index contributed by atoms with van der Waals surface area (Å²) in [4.78, 5) is 39.7. The molecular weight excluding hydrogens is 494 g/mol. The van der Waals surface area contributed by atoms with E-state index in [0.29, 0.717) is 19.5 Å². The van der Waals surface area contributed by atoms with Crippen LogP contribution in [0.4, 0.5) is 9.80 Å². The quantitative estimate of drug-likeness (QED) is 0.308. The summed E-state index contributed by atoms with van der Waals surface area (Å²) in [5.41, 5.74) is 6.20. The van der Waals surface area contributed by atoms with Gasteiger partial charge in [0.15, 0.2) is 0 Å².